The molecule has 0 spiro atoms. The van der Waals surface area contributed by atoms with Gasteiger partial charge in [-0.15, -0.1) is 0 Å². The van der Waals surface area contributed by atoms with Crippen molar-refractivity contribution in [2.45, 2.75) is 6.92 Å². The molecule has 0 atom stereocenters. The fraction of sp³-hybridized carbons (Fsp3) is 0.214. The maximum atomic E-state index is 11.1. The molecule has 110 valence electrons. The number of carbonyl (C=O) groups is 1. The van der Waals surface area contributed by atoms with Gasteiger partial charge in [0.1, 0.15) is 5.75 Å². The predicted octanol–water partition coefficient (Wildman–Crippen LogP) is 2.20. The molecule has 0 bridgehead atoms. The number of aromatic nitrogens is 2. The Balaban J connectivity index is 2.22. The zero-order valence-electron chi connectivity index (χ0n) is 12.0. The number of amides is 1. The average Bonchev–Trinajstić information content (AvgIpc) is 2.48. The van der Waals surface area contributed by atoms with E-state index in [4.69, 9.17) is 9.47 Å². The van der Waals surface area contributed by atoms with Crippen LogP contribution in [0.1, 0.15) is 6.92 Å². The molecule has 1 aromatic carbocycles. The quantitative estimate of drug-likeness (QED) is 0.877. The lowest BCUT2D eigenvalue weighted by atomic mass is 10.2. The van der Waals surface area contributed by atoms with E-state index in [2.05, 4.69) is 20.6 Å². The van der Waals surface area contributed by atoms with Crippen molar-refractivity contribution in [2.75, 3.05) is 24.9 Å². The topological polar surface area (TPSA) is 85.4 Å². The first-order valence-electron chi connectivity index (χ1n) is 6.22. The van der Waals surface area contributed by atoms with Gasteiger partial charge in [-0.3, -0.25) is 4.79 Å². The minimum Gasteiger partial charge on any atom is -0.494 e. The fourth-order valence-electron chi connectivity index (χ4n) is 1.71. The maximum absolute atomic E-state index is 11.1. The normalized spacial score (nSPS) is 9.86. The van der Waals surface area contributed by atoms with E-state index in [0.29, 0.717) is 23.3 Å². The molecule has 0 aliphatic carbocycles. The molecular weight excluding hydrogens is 272 g/mol. The van der Waals surface area contributed by atoms with E-state index < -0.39 is 0 Å². The van der Waals surface area contributed by atoms with Gasteiger partial charge in [-0.2, -0.15) is 4.98 Å². The summed E-state index contributed by atoms with van der Waals surface area (Å²) in [6, 6.07) is 6.93. The van der Waals surface area contributed by atoms with Gasteiger partial charge in [0.2, 0.25) is 17.7 Å². The molecule has 0 radical (unpaired) electrons. The van der Waals surface area contributed by atoms with Crippen molar-refractivity contribution in [1.29, 1.82) is 0 Å². The molecule has 21 heavy (non-hydrogen) atoms. The first-order valence-corrected chi connectivity index (χ1v) is 6.22. The summed E-state index contributed by atoms with van der Waals surface area (Å²) in [6.07, 6.45) is 1.59. The Labute approximate surface area is 122 Å². The molecule has 0 aliphatic rings. The number of ether oxygens (including phenoxy) is 2. The molecule has 1 aromatic heterocycles. The van der Waals surface area contributed by atoms with E-state index in [0.717, 1.165) is 5.69 Å². The maximum Gasteiger partial charge on any atom is 0.230 e. The second kappa shape index (κ2) is 6.56. The summed E-state index contributed by atoms with van der Waals surface area (Å²) in [7, 11) is 3.07. The largest absolute Gasteiger partial charge is 0.494 e. The lowest BCUT2D eigenvalue weighted by molar-refractivity contribution is -0.114. The Hall–Kier alpha value is -2.83. The minimum atomic E-state index is -0.162. The van der Waals surface area contributed by atoms with Crippen LogP contribution < -0.4 is 20.1 Å². The molecular formula is C14H16N4O3. The van der Waals surface area contributed by atoms with Crippen LogP contribution in [0.3, 0.4) is 0 Å². The SMILES string of the molecule is COc1ccnc(Nc2ccc(NC(C)=O)c(OC)c2)n1. The average molecular weight is 288 g/mol. The Morgan fingerprint density at radius 1 is 1.19 bits per heavy atom. The van der Waals surface area contributed by atoms with Crippen molar-refractivity contribution in [1.82, 2.24) is 9.97 Å². The molecule has 0 aliphatic heterocycles. The second-order valence-electron chi connectivity index (χ2n) is 4.14. The molecule has 1 heterocycles. The Morgan fingerprint density at radius 2 is 2.00 bits per heavy atom. The van der Waals surface area contributed by atoms with Crippen molar-refractivity contribution in [3.05, 3.63) is 30.5 Å². The molecule has 2 aromatic rings. The Morgan fingerprint density at radius 3 is 2.67 bits per heavy atom. The summed E-state index contributed by atoms with van der Waals surface area (Å²) >= 11 is 0. The number of hydrogen-bond acceptors (Lipinski definition) is 6. The summed E-state index contributed by atoms with van der Waals surface area (Å²) in [5, 5.41) is 5.73. The number of hydrogen-bond donors (Lipinski definition) is 2. The summed E-state index contributed by atoms with van der Waals surface area (Å²) in [4.78, 5) is 19.4. The van der Waals surface area contributed by atoms with Crippen LogP contribution in [0.25, 0.3) is 0 Å². The minimum absolute atomic E-state index is 0.162. The smallest absolute Gasteiger partial charge is 0.230 e. The van der Waals surface area contributed by atoms with Gasteiger partial charge >= 0.3 is 0 Å². The third-order valence-electron chi connectivity index (χ3n) is 2.61. The van der Waals surface area contributed by atoms with Crippen LogP contribution >= 0.6 is 0 Å². The molecule has 0 saturated carbocycles. The number of rotatable bonds is 5. The molecule has 0 saturated heterocycles. The third kappa shape index (κ3) is 3.82. The molecule has 7 nitrogen and oxygen atoms in total. The van der Waals surface area contributed by atoms with Crippen molar-refractivity contribution in [3.8, 4) is 11.6 Å². The lowest BCUT2D eigenvalue weighted by Crippen LogP contribution is -2.07. The summed E-state index contributed by atoms with van der Waals surface area (Å²) < 4.78 is 10.3. The standard InChI is InChI=1S/C14H16N4O3/c1-9(19)16-11-5-4-10(8-12(11)20-2)17-14-15-7-6-13(18-14)21-3/h4-8H,1-3H3,(H,16,19)(H,15,17,18). The van der Waals surface area contributed by atoms with Crippen LogP contribution in [0.2, 0.25) is 0 Å². The van der Waals surface area contributed by atoms with Gasteiger partial charge in [-0.25, -0.2) is 4.98 Å². The van der Waals surface area contributed by atoms with E-state index in [1.165, 1.54) is 21.1 Å². The zero-order valence-corrected chi connectivity index (χ0v) is 12.0. The van der Waals surface area contributed by atoms with Gasteiger partial charge in [0.25, 0.3) is 0 Å². The zero-order chi connectivity index (χ0) is 15.2. The predicted molar refractivity (Wildman–Crippen MR) is 79.2 cm³/mol. The molecule has 1 amide bonds. The van der Waals surface area contributed by atoms with Crippen LogP contribution in [0.4, 0.5) is 17.3 Å². The van der Waals surface area contributed by atoms with Gasteiger partial charge in [-0.1, -0.05) is 0 Å². The first kappa shape index (κ1) is 14.6. The van der Waals surface area contributed by atoms with E-state index in [1.807, 2.05) is 0 Å². The number of carbonyl (C=O) groups excluding carboxylic acids is 1. The highest BCUT2D eigenvalue weighted by atomic mass is 16.5. The van der Waals surface area contributed by atoms with Crippen molar-refractivity contribution < 1.29 is 14.3 Å². The molecule has 2 rings (SSSR count). The molecule has 0 unspecified atom stereocenters. The van der Waals surface area contributed by atoms with Gasteiger partial charge in [0, 0.05) is 30.9 Å². The van der Waals surface area contributed by atoms with Gasteiger partial charge in [0.15, 0.2) is 0 Å². The number of benzene rings is 1. The third-order valence-corrected chi connectivity index (χ3v) is 2.61. The monoisotopic (exact) mass is 288 g/mol. The number of nitrogens with one attached hydrogen (secondary N) is 2. The van der Waals surface area contributed by atoms with Gasteiger partial charge < -0.3 is 20.1 Å². The summed E-state index contributed by atoms with van der Waals surface area (Å²) in [5.74, 6) is 1.25. The van der Waals surface area contributed by atoms with Crippen LogP contribution in [-0.4, -0.2) is 30.1 Å². The van der Waals surface area contributed by atoms with Crippen LogP contribution in [0.5, 0.6) is 11.6 Å². The second-order valence-corrected chi connectivity index (χ2v) is 4.14. The van der Waals surface area contributed by atoms with Crippen molar-refractivity contribution >= 4 is 23.2 Å². The highest BCUT2D eigenvalue weighted by Crippen LogP contribution is 2.29. The number of nitrogens with zero attached hydrogens (tertiary/aromatic N) is 2. The van der Waals surface area contributed by atoms with E-state index in [1.54, 1.807) is 30.5 Å². The molecule has 7 heteroatoms. The Kier molecular flexibility index (Phi) is 4.55. The van der Waals surface area contributed by atoms with Gasteiger partial charge in [-0.05, 0) is 12.1 Å². The van der Waals surface area contributed by atoms with Gasteiger partial charge in [0.05, 0.1) is 19.9 Å². The highest BCUT2D eigenvalue weighted by molar-refractivity contribution is 5.90. The Bertz CT molecular complexity index is 646. The summed E-state index contributed by atoms with van der Waals surface area (Å²) in [6.45, 7) is 1.44. The molecule has 0 fully saturated rings. The van der Waals surface area contributed by atoms with Crippen LogP contribution in [-0.2, 0) is 4.79 Å². The number of methoxy groups -OCH3 is 2. The highest BCUT2D eigenvalue weighted by Gasteiger charge is 2.07. The van der Waals surface area contributed by atoms with Crippen LogP contribution in [0, 0.1) is 0 Å². The van der Waals surface area contributed by atoms with E-state index in [-0.39, 0.29) is 5.91 Å². The lowest BCUT2D eigenvalue weighted by Gasteiger charge is -2.11. The van der Waals surface area contributed by atoms with Crippen LogP contribution in [0.15, 0.2) is 30.5 Å². The van der Waals surface area contributed by atoms with Crippen molar-refractivity contribution in [3.63, 3.8) is 0 Å². The van der Waals surface area contributed by atoms with E-state index in [9.17, 15) is 4.79 Å². The van der Waals surface area contributed by atoms with E-state index >= 15 is 0 Å². The first-order chi connectivity index (χ1) is 10.1. The summed E-state index contributed by atoms with van der Waals surface area (Å²) in [5.41, 5.74) is 1.33. The fourth-order valence-corrected chi connectivity index (χ4v) is 1.71. The number of anilines is 3. The van der Waals surface area contributed by atoms with Crippen molar-refractivity contribution in [2.24, 2.45) is 0 Å². The molecule has 2 N–H and O–H groups in total.